The lowest BCUT2D eigenvalue weighted by Gasteiger charge is -2.07. The molecule has 3 heterocycles. The van der Waals surface area contributed by atoms with Crippen molar-refractivity contribution in [2.45, 2.75) is 42.5 Å². The number of hydrogen-bond donors (Lipinski definition) is 2. The Labute approximate surface area is 179 Å². The van der Waals surface area contributed by atoms with E-state index in [1.165, 1.54) is 19.2 Å². The van der Waals surface area contributed by atoms with Gasteiger partial charge in [-0.05, 0) is 43.9 Å². The van der Waals surface area contributed by atoms with E-state index in [2.05, 4.69) is 29.6 Å². The van der Waals surface area contributed by atoms with E-state index in [4.69, 9.17) is 0 Å². The van der Waals surface area contributed by atoms with Crippen LogP contribution in [-0.4, -0.2) is 39.4 Å². The Bertz CT molecular complexity index is 1370. The first-order valence-electron chi connectivity index (χ1n) is 10.4. The normalized spacial score (nSPS) is 16.6. The number of hydrogen-bond acceptors (Lipinski definition) is 6. The second-order valence-corrected chi connectivity index (χ2v) is 9.91. The van der Waals surface area contributed by atoms with Gasteiger partial charge < -0.3 is 4.98 Å². The molecule has 6 rings (SSSR count). The van der Waals surface area contributed by atoms with Gasteiger partial charge in [-0.15, -0.1) is 0 Å². The van der Waals surface area contributed by atoms with Gasteiger partial charge in [0, 0.05) is 40.9 Å². The van der Waals surface area contributed by atoms with E-state index in [1.807, 2.05) is 18.5 Å². The number of sulfonamides is 1. The summed E-state index contributed by atoms with van der Waals surface area (Å²) in [6.07, 6.45) is 9.32. The maximum absolute atomic E-state index is 12.4. The molecule has 31 heavy (non-hydrogen) atoms. The smallest absolute Gasteiger partial charge is 0.240 e. The summed E-state index contributed by atoms with van der Waals surface area (Å²) in [6.45, 7) is 0. The fourth-order valence-corrected chi connectivity index (χ4v) is 4.94. The number of rotatable bonds is 6. The Hall–Kier alpha value is -3.17. The SMILES string of the molecule is O=S(=O)(NC1CC1)c1ccc(-c2ncnc3[nH]c(-c4cnc(C5CC5)nc4)cc23)cc1. The fraction of sp³-hybridized carbons (Fsp3) is 0.273. The van der Waals surface area contributed by atoms with Crippen LogP contribution in [0.5, 0.6) is 0 Å². The zero-order valence-corrected chi connectivity index (χ0v) is 17.4. The third-order valence-corrected chi connectivity index (χ3v) is 7.22. The van der Waals surface area contributed by atoms with Gasteiger partial charge in [0.2, 0.25) is 10.0 Å². The molecule has 0 amide bonds. The Balaban J connectivity index is 1.33. The molecule has 2 N–H and O–H groups in total. The first-order valence-corrected chi connectivity index (χ1v) is 11.8. The largest absolute Gasteiger partial charge is 0.339 e. The van der Waals surface area contributed by atoms with Gasteiger partial charge in [0.1, 0.15) is 17.8 Å². The average molecular weight is 433 g/mol. The van der Waals surface area contributed by atoms with Crippen LogP contribution in [0, 0.1) is 0 Å². The minimum atomic E-state index is -3.48. The molecule has 2 fully saturated rings. The molecule has 0 aliphatic heterocycles. The highest BCUT2D eigenvalue weighted by Crippen LogP contribution is 2.38. The number of nitrogens with one attached hydrogen (secondary N) is 2. The number of aromatic nitrogens is 5. The maximum atomic E-state index is 12.4. The van der Waals surface area contributed by atoms with Crippen LogP contribution in [0.15, 0.2) is 53.9 Å². The second-order valence-electron chi connectivity index (χ2n) is 8.19. The molecule has 9 heteroatoms. The van der Waals surface area contributed by atoms with Crippen LogP contribution >= 0.6 is 0 Å². The molecule has 0 unspecified atom stereocenters. The molecule has 3 aromatic heterocycles. The summed E-state index contributed by atoms with van der Waals surface area (Å²) in [7, 11) is -3.48. The molecule has 156 valence electrons. The van der Waals surface area contributed by atoms with Gasteiger partial charge in [-0.25, -0.2) is 33.1 Å². The Morgan fingerprint density at radius 1 is 0.903 bits per heavy atom. The molecule has 0 bridgehead atoms. The van der Waals surface area contributed by atoms with Gasteiger partial charge in [0.15, 0.2) is 0 Å². The third-order valence-electron chi connectivity index (χ3n) is 5.69. The van der Waals surface area contributed by atoms with Gasteiger partial charge in [-0.1, -0.05) is 12.1 Å². The van der Waals surface area contributed by atoms with E-state index in [1.54, 1.807) is 24.3 Å². The molecule has 0 radical (unpaired) electrons. The van der Waals surface area contributed by atoms with E-state index in [0.717, 1.165) is 46.6 Å². The van der Waals surface area contributed by atoms with Crippen molar-refractivity contribution in [1.29, 1.82) is 0 Å². The summed E-state index contributed by atoms with van der Waals surface area (Å²) in [5.74, 6) is 1.42. The van der Waals surface area contributed by atoms with Crippen molar-refractivity contribution < 1.29 is 8.42 Å². The summed E-state index contributed by atoms with van der Waals surface area (Å²) in [6, 6.07) is 8.86. The van der Waals surface area contributed by atoms with Crippen molar-refractivity contribution >= 4 is 21.1 Å². The number of benzene rings is 1. The molecule has 0 saturated heterocycles. The number of fused-ring (bicyclic) bond motifs is 1. The molecule has 8 nitrogen and oxygen atoms in total. The topological polar surface area (TPSA) is 114 Å². The van der Waals surface area contributed by atoms with Crippen LogP contribution in [0.25, 0.3) is 33.5 Å². The zero-order valence-electron chi connectivity index (χ0n) is 16.6. The summed E-state index contributed by atoms with van der Waals surface area (Å²) in [4.78, 5) is 21.4. The molecular weight excluding hydrogens is 412 g/mol. The quantitative estimate of drug-likeness (QED) is 0.483. The predicted octanol–water partition coefficient (Wildman–Crippen LogP) is 3.40. The standard InChI is InChI=1S/C22H20N6O2S/c29-31(30,28-16-5-6-16)17-7-3-13(4-8-17)20-18-9-19(27-22(18)26-12-25-20)15-10-23-21(24-11-15)14-1-2-14/h3-4,7-12,14,16,28H,1-2,5-6H2,(H,25,26,27). The first-order chi connectivity index (χ1) is 15.1. The van der Waals surface area contributed by atoms with Crippen molar-refractivity contribution in [3.63, 3.8) is 0 Å². The Morgan fingerprint density at radius 3 is 2.32 bits per heavy atom. The van der Waals surface area contributed by atoms with Crippen LogP contribution < -0.4 is 4.72 Å². The van der Waals surface area contributed by atoms with Crippen LogP contribution in [0.2, 0.25) is 0 Å². The van der Waals surface area contributed by atoms with Crippen molar-refractivity contribution in [3.8, 4) is 22.5 Å². The number of nitrogens with zero attached hydrogens (tertiary/aromatic N) is 4. The van der Waals surface area contributed by atoms with Crippen molar-refractivity contribution in [2.75, 3.05) is 0 Å². The van der Waals surface area contributed by atoms with Crippen LogP contribution in [0.3, 0.4) is 0 Å². The van der Waals surface area contributed by atoms with E-state index < -0.39 is 10.0 Å². The molecule has 4 aromatic rings. The van der Waals surface area contributed by atoms with Crippen molar-refractivity contribution in [2.24, 2.45) is 0 Å². The van der Waals surface area contributed by atoms with E-state index in [-0.39, 0.29) is 10.9 Å². The molecule has 0 spiro atoms. The zero-order chi connectivity index (χ0) is 21.0. The fourth-order valence-electron chi connectivity index (χ4n) is 3.64. The van der Waals surface area contributed by atoms with E-state index in [0.29, 0.717) is 11.6 Å². The van der Waals surface area contributed by atoms with E-state index in [9.17, 15) is 8.42 Å². The monoisotopic (exact) mass is 432 g/mol. The number of aromatic amines is 1. The molecule has 1 aromatic carbocycles. The van der Waals surface area contributed by atoms with Crippen LogP contribution in [0.1, 0.15) is 37.4 Å². The molecule has 2 aliphatic rings. The predicted molar refractivity (Wildman–Crippen MR) is 116 cm³/mol. The molecular formula is C22H20N6O2S. The molecule has 0 atom stereocenters. The minimum Gasteiger partial charge on any atom is -0.339 e. The second kappa shape index (κ2) is 6.93. The van der Waals surface area contributed by atoms with E-state index >= 15 is 0 Å². The van der Waals surface area contributed by atoms with Crippen LogP contribution in [-0.2, 0) is 10.0 Å². The summed E-state index contributed by atoms with van der Waals surface area (Å²) in [5.41, 5.74) is 4.03. The van der Waals surface area contributed by atoms with Gasteiger partial charge in [0.25, 0.3) is 0 Å². The first kappa shape index (κ1) is 18.6. The highest BCUT2D eigenvalue weighted by molar-refractivity contribution is 7.89. The van der Waals surface area contributed by atoms with Gasteiger partial charge in [-0.2, -0.15) is 0 Å². The molecule has 2 saturated carbocycles. The lowest BCUT2D eigenvalue weighted by molar-refractivity contribution is 0.581. The Morgan fingerprint density at radius 2 is 1.65 bits per heavy atom. The van der Waals surface area contributed by atoms with Gasteiger partial charge in [-0.3, -0.25) is 0 Å². The van der Waals surface area contributed by atoms with Crippen LogP contribution in [0.4, 0.5) is 0 Å². The minimum absolute atomic E-state index is 0.0757. The lowest BCUT2D eigenvalue weighted by atomic mass is 10.1. The summed E-state index contributed by atoms with van der Waals surface area (Å²) in [5, 5.41) is 0.857. The highest BCUT2D eigenvalue weighted by atomic mass is 32.2. The number of H-pyrrole nitrogens is 1. The van der Waals surface area contributed by atoms with Crippen molar-refractivity contribution in [3.05, 3.63) is 54.9 Å². The maximum Gasteiger partial charge on any atom is 0.240 e. The lowest BCUT2D eigenvalue weighted by Crippen LogP contribution is -2.25. The average Bonchev–Trinajstić information content (AvgIpc) is 3.72. The van der Waals surface area contributed by atoms with Gasteiger partial charge in [0.05, 0.1) is 16.3 Å². The summed E-state index contributed by atoms with van der Waals surface area (Å²) < 4.78 is 27.5. The summed E-state index contributed by atoms with van der Waals surface area (Å²) >= 11 is 0. The third kappa shape index (κ3) is 3.60. The Kier molecular flexibility index (Phi) is 4.15. The molecule has 2 aliphatic carbocycles. The highest BCUT2D eigenvalue weighted by Gasteiger charge is 2.28. The van der Waals surface area contributed by atoms with Gasteiger partial charge >= 0.3 is 0 Å². The van der Waals surface area contributed by atoms with Crippen molar-refractivity contribution in [1.82, 2.24) is 29.6 Å².